The molecule has 2 unspecified atom stereocenters. The van der Waals surface area contributed by atoms with Gasteiger partial charge < -0.3 is 5.32 Å². The Kier molecular flexibility index (Phi) is 4.07. The van der Waals surface area contributed by atoms with Crippen LogP contribution in [0.25, 0.3) is 0 Å². The predicted octanol–water partition coefficient (Wildman–Crippen LogP) is 3.45. The molecular weight excluding hydrogens is 182 g/mol. The highest BCUT2D eigenvalue weighted by Crippen LogP contribution is 2.35. The van der Waals surface area contributed by atoms with Gasteiger partial charge in [0.05, 0.1) is 0 Å². The van der Waals surface area contributed by atoms with E-state index in [1.165, 1.54) is 51.6 Å². The zero-order valence-electron chi connectivity index (χ0n) is 10.5. The Balaban J connectivity index is 1.49. The quantitative estimate of drug-likeness (QED) is 0.731. The third-order valence-corrected chi connectivity index (χ3v) is 4.58. The Morgan fingerprint density at radius 3 is 2.27 bits per heavy atom. The van der Waals surface area contributed by atoms with E-state index < -0.39 is 0 Å². The molecule has 0 saturated heterocycles. The summed E-state index contributed by atoms with van der Waals surface area (Å²) in [4.78, 5) is 0. The number of nitrogens with one attached hydrogen (secondary N) is 1. The fraction of sp³-hybridized carbons (Fsp3) is 1.00. The van der Waals surface area contributed by atoms with Crippen LogP contribution in [0.4, 0.5) is 0 Å². The lowest BCUT2D eigenvalue weighted by molar-refractivity contribution is 0.181. The lowest BCUT2D eigenvalue weighted by Gasteiger charge is -2.35. The van der Waals surface area contributed by atoms with Crippen molar-refractivity contribution in [2.24, 2.45) is 23.7 Å². The largest absolute Gasteiger partial charge is 0.316 e. The second-order valence-electron chi connectivity index (χ2n) is 6.05. The smallest absolute Gasteiger partial charge is 0.00202 e. The maximum Gasteiger partial charge on any atom is -0.00202 e. The summed E-state index contributed by atoms with van der Waals surface area (Å²) in [7, 11) is 0. The van der Waals surface area contributed by atoms with Crippen LogP contribution in [0.3, 0.4) is 0 Å². The third-order valence-electron chi connectivity index (χ3n) is 4.58. The molecule has 88 valence electrons. The molecule has 0 amide bonds. The van der Waals surface area contributed by atoms with E-state index in [1.54, 1.807) is 0 Å². The molecule has 1 nitrogen and oxygen atoms in total. The van der Waals surface area contributed by atoms with Crippen LogP contribution in [0.5, 0.6) is 0 Å². The van der Waals surface area contributed by atoms with Crippen molar-refractivity contribution >= 4 is 0 Å². The highest BCUT2D eigenvalue weighted by Gasteiger charge is 2.27. The summed E-state index contributed by atoms with van der Waals surface area (Å²) in [5.41, 5.74) is 0. The van der Waals surface area contributed by atoms with Gasteiger partial charge in [0.15, 0.2) is 0 Å². The minimum absolute atomic E-state index is 0.988. The number of rotatable bonds is 5. The Hall–Kier alpha value is -0.0400. The second-order valence-corrected chi connectivity index (χ2v) is 6.05. The molecule has 0 aliphatic heterocycles. The molecule has 0 aromatic rings. The first-order chi connectivity index (χ1) is 7.28. The second kappa shape index (κ2) is 5.34. The zero-order chi connectivity index (χ0) is 10.7. The maximum atomic E-state index is 3.69. The van der Waals surface area contributed by atoms with Crippen molar-refractivity contribution in [1.82, 2.24) is 5.32 Å². The highest BCUT2D eigenvalue weighted by molar-refractivity contribution is 4.81. The van der Waals surface area contributed by atoms with Crippen LogP contribution in [0.2, 0.25) is 0 Å². The Morgan fingerprint density at radius 1 is 0.933 bits per heavy atom. The summed E-state index contributed by atoms with van der Waals surface area (Å²) in [6.45, 7) is 7.31. The van der Waals surface area contributed by atoms with E-state index in [0.29, 0.717) is 0 Å². The summed E-state index contributed by atoms with van der Waals surface area (Å²) in [5, 5.41) is 3.69. The molecule has 0 spiro atoms. The zero-order valence-corrected chi connectivity index (χ0v) is 10.5. The first-order valence-electron chi connectivity index (χ1n) is 6.98. The van der Waals surface area contributed by atoms with Crippen LogP contribution >= 0.6 is 0 Å². The van der Waals surface area contributed by atoms with Crippen LogP contribution in [0.15, 0.2) is 0 Å². The van der Waals surface area contributed by atoms with Crippen molar-refractivity contribution in [3.05, 3.63) is 0 Å². The first-order valence-corrected chi connectivity index (χ1v) is 6.98. The van der Waals surface area contributed by atoms with Crippen LogP contribution < -0.4 is 5.32 Å². The molecule has 0 bridgehead atoms. The van der Waals surface area contributed by atoms with Gasteiger partial charge in [-0.05, 0) is 62.4 Å². The van der Waals surface area contributed by atoms with Crippen molar-refractivity contribution in [3.8, 4) is 0 Å². The predicted molar refractivity (Wildman–Crippen MR) is 65.9 cm³/mol. The van der Waals surface area contributed by atoms with Gasteiger partial charge in [-0.1, -0.05) is 26.7 Å². The van der Waals surface area contributed by atoms with Crippen molar-refractivity contribution in [1.29, 1.82) is 0 Å². The van der Waals surface area contributed by atoms with Crippen LogP contribution in [-0.4, -0.2) is 13.1 Å². The van der Waals surface area contributed by atoms with Gasteiger partial charge >= 0.3 is 0 Å². The van der Waals surface area contributed by atoms with Crippen molar-refractivity contribution in [2.75, 3.05) is 13.1 Å². The Morgan fingerprint density at radius 2 is 1.67 bits per heavy atom. The highest BCUT2D eigenvalue weighted by atomic mass is 14.9. The van der Waals surface area contributed by atoms with Crippen LogP contribution in [0.1, 0.15) is 52.4 Å². The molecule has 2 rings (SSSR count). The molecule has 2 aliphatic carbocycles. The van der Waals surface area contributed by atoms with Crippen LogP contribution in [0, 0.1) is 23.7 Å². The molecule has 0 radical (unpaired) electrons. The molecule has 2 saturated carbocycles. The molecule has 2 fully saturated rings. The lowest BCUT2D eigenvalue weighted by atomic mass is 9.73. The summed E-state index contributed by atoms with van der Waals surface area (Å²) in [5.74, 6) is 4.05. The van der Waals surface area contributed by atoms with Gasteiger partial charge in [0.1, 0.15) is 0 Å². The topological polar surface area (TPSA) is 12.0 Å². The van der Waals surface area contributed by atoms with Gasteiger partial charge in [0.25, 0.3) is 0 Å². The van der Waals surface area contributed by atoms with E-state index in [2.05, 4.69) is 19.2 Å². The molecule has 0 aromatic carbocycles. The molecule has 1 N–H and O–H groups in total. The third kappa shape index (κ3) is 3.21. The standard InChI is InChI=1S/C14H27N/c1-3-12-7-14(8-12)10-15-9-13-5-4-11(2)6-13/h11-15H,3-10H2,1-2H3. The molecule has 15 heavy (non-hydrogen) atoms. The molecule has 1 heteroatoms. The minimum Gasteiger partial charge on any atom is -0.316 e. The van der Waals surface area contributed by atoms with Gasteiger partial charge in [0, 0.05) is 0 Å². The Labute approximate surface area is 95.0 Å². The van der Waals surface area contributed by atoms with Gasteiger partial charge in [-0.3, -0.25) is 0 Å². The van der Waals surface area contributed by atoms with Gasteiger partial charge in [-0.25, -0.2) is 0 Å². The fourth-order valence-electron chi connectivity index (χ4n) is 3.38. The fourth-order valence-corrected chi connectivity index (χ4v) is 3.38. The van der Waals surface area contributed by atoms with Gasteiger partial charge in [-0.2, -0.15) is 0 Å². The summed E-state index contributed by atoms with van der Waals surface area (Å²) in [6, 6.07) is 0. The van der Waals surface area contributed by atoms with Crippen molar-refractivity contribution in [2.45, 2.75) is 52.4 Å². The van der Waals surface area contributed by atoms with Crippen molar-refractivity contribution in [3.63, 3.8) is 0 Å². The SMILES string of the molecule is CCC1CC(CNCC2CCC(C)C2)C1. The Bertz CT molecular complexity index is 184. The first kappa shape index (κ1) is 11.4. The monoisotopic (exact) mass is 209 g/mol. The summed E-state index contributed by atoms with van der Waals surface area (Å²) < 4.78 is 0. The van der Waals surface area contributed by atoms with Crippen LogP contribution in [-0.2, 0) is 0 Å². The lowest BCUT2D eigenvalue weighted by Crippen LogP contribution is -2.34. The molecule has 2 aliphatic rings. The van der Waals surface area contributed by atoms with E-state index >= 15 is 0 Å². The summed E-state index contributed by atoms with van der Waals surface area (Å²) >= 11 is 0. The normalized spacial score (nSPS) is 40.4. The van der Waals surface area contributed by atoms with Crippen molar-refractivity contribution < 1.29 is 0 Å². The minimum atomic E-state index is 0.988. The average molecular weight is 209 g/mol. The van der Waals surface area contributed by atoms with E-state index in [9.17, 15) is 0 Å². The molecule has 0 heterocycles. The van der Waals surface area contributed by atoms with E-state index in [-0.39, 0.29) is 0 Å². The number of hydrogen-bond acceptors (Lipinski definition) is 1. The molecule has 0 aromatic heterocycles. The number of hydrogen-bond donors (Lipinski definition) is 1. The van der Waals surface area contributed by atoms with Gasteiger partial charge in [0.2, 0.25) is 0 Å². The van der Waals surface area contributed by atoms with E-state index in [1.807, 2.05) is 0 Å². The van der Waals surface area contributed by atoms with Gasteiger partial charge in [-0.15, -0.1) is 0 Å². The van der Waals surface area contributed by atoms with E-state index in [0.717, 1.165) is 23.7 Å². The average Bonchev–Trinajstić information content (AvgIpc) is 2.55. The summed E-state index contributed by atoms with van der Waals surface area (Å²) in [6.07, 6.45) is 8.78. The maximum absolute atomic E-state index is 3.69. The van der Waals surface area contributed by atoms with E-state index in [4.69, 9.17) is 0 Å². The molecule has 2 atom stereocenters. The molecular formula is C14H27N.